The van der Waals surface area contributed by atoms with Crippen LogP contribution < -0.4 is 0 Å². The Labute approximate surface area is 120 Å². The minimum Gasteiger partial charge on any atom is -0.214 e. The van der Waals surface area contributed by atoms with Gasteiger partial charge in [-0.1, -0.05) is 0 Å². The Kier molecular flexibility index (Phi) is 12.1. The van der Waals surface area contributed by atoms with Crippen LogP contribution in [-0.4, -0.2) is 0 Å². The Morgan fingerprint density at radius 2 is 0.889 bits per heavy atom. The summed E-state index contributed by atoms with van der Waals surface area (Å²) in [5.74, 6) is 0. The van der Waals surface area contributed by atoms with Crippen LogP contribution >= 0.6 is 0 Å². The predicted molar refractivity (Wildman–Crippen MR) is 72.6 cm³/mol. The molecule has 0 aliphatic carbocycles. The van der Waals surface area contributed by atoms with E-state index >= 15 is 0 Å². The van der Waals surface area contributed by atoms with Gasteiger partial charge in [0, 0.05) is 0 Å². The van der Waals surface area contributed by atoms with Gasteiger partial charge in [0.25, 0.3) is 0 Å². The number of rotatable bonds is 0. The molecule has 1 radical (unpaired) electrons. The second kappa shape index (κ2) is 13.4. The Hall–Kier alpha value is -1.69. The second-order valence-electron chi connectivity index (χ2n) is 3.12. The molecular formula is C17H15Fe. The maximum absolute atomic E-state index is 2.89. The SMILES string of the molecule is [Fe+3].[c-]1ccccc1.[c-]1ccccc1.c1cc[cH-]c1. The first kappa shape index (κ1) is 16.3. The van der Waals surface area contributed by atoms with Gasteiger partial charge in [-0.15, -0.1) is 0 Å². The van der Waals surface area contributed by atoms with Crippen LogP contribution in [0.2, 0.25) is 0 Å². The number of hydrogen-bond acceptors (Lipinski definition) is 0. The van der Waals surface area contributed by atoms with Gasteiger partial charge in [-0.2, -0.15) is 91.0 Å². The molecule has 91 valence electrons. The molecule has 0 aliphatic heterocycles. The number of benzene rings is 2. The zero-order valence-electron chi connectivity index (χ0n) is 10.0. The summed E-state index contributed by atoms with van der Waals surface area (Å²) in [5.41, 5.74) is 0. The Balaban J connectivity index is 0.000000235. The zero-order chi connectivity index (χ0) is 12.0. The maximum Gasteiger partial charge on any atom is 3.00 e. The van der Waals surface area contributed by atoms with E-state index in [0.29, 0.717) is 0 Å². The van der Waals surface area contributed by atoms with E-state index in [0.717, 1.165) is 0 Å². The summed E-state index contributed by atoms with van der Waals surface area (Å²) in [5, 5.41) is 0. The van der Waals surface area contributed by atoms with Crippen molar-refractivity contribution in [2.75, 3.05) is 0 Å². The molecule has 0 nitrogen and oxygen atoms in total. The molecule has 1 heteroatoms. The van der Waals surface area contributed by atoms with Gasteiger partial charge in [-0.05, 0) is 0 Å². The Bertz CT molecular complexity index is 316. The van der Waals surface area contributed by atoms with Gasteiger partial charge >= 0.3 is 17.1 Å². The van der Waals surface area contributed by atoms with Crippen LogP contribution in [0.1, 0.15) is 0 Å². The molecule has 18 heavy (non-hydrogen) atoms. The quantitative estimate of drug-likeness (QED) is 0.422. The molecule has 0 fully saturated rings. The minimum absolute atomic E-state index is 0. The van der Waals surface area contributed by atoms with Crippen molar-refractivity contribution in [1.29, 1.82) is 0 Å². The molecule has 0 aliphatic rings. The van der Waals surface area contributed by atoms with Gasteiger partial charge in [0.05, 0.1) is 0 Å². The van der Waals surface area contributed by atoms with Crippen LogP contribution in [0.5, 0.6) is 0 Å². The van der Waals surface area contributed by atoms with E-state index < -0.39 is 0 Å². The van der Waals surface area contributed by atoms with Crippen molar-refractivity contribution in [2.24, 2.45) is 0 Å². The molecule has 0 saturated heterocycles. The summed E-state index contributed by atoms with van der Waals surface area (Å²) in [6.07, 6.45) is 0. The third-order valence-electron chi connectivity index (χ3n) is 1.77. The van der Waals surface area contributed by atoms with E-state index in [-0.39, 0.29) is 17.1 Å². The fourth-order valence-corrected chi connectivity index (χ4v) is 1.00. The third kappa shape index (κ3) is 10.8. The Morgan fingerprint density at radius 1 is 0.500 bits per heavy atom. The molecule has 3 aromatic rings. The topological polar surface area (TPSA) is 0 Å². The van der Waals surface area contributed by atoms with Crippen molar-refractivity contribution in [1.82, 2.24) is 0 Å². The van der Waals surface area contributed by atoms with Crippen molar-refractivity contribution in [3.63, 3.8) is 0 Å². The molecular weight excluding hydrogens is 260 g/mol. The molecule has 0 unspecified atom stereocenters. The van der Waals surface area contributed by atoms with Crippen LogP contribution in [0.4, 0.5) is 0 Å². The van der Waals surface area contributed by atoms with Crippen molar-refractivity contribution in [2.45, 2.75) is 0 Å². The van der Waals surface area contributed by atoms with Gasteiger partial charge in [0.2, 0.25) is 0 Å². The summed E-state index contributed by atoms with van der Waals surface area (Å²) in [6, 6.07) is 35.0. The van der Waals surface area contributed by atoms with Crippen LogP contribution in [0, 0.1) is 12.1 Å². The first-order chi connectivity index (χ1) is 8.50. The van der Waals surface area contributed by atoms with E-state index in [1.165, 1.54) is 0 Å². The maximum atomic E-state index is 2.89. The normalized spacial score (nSPS) is 7.56. The monoisotopic (exact) mass is 275 g/mol. The molecule has 0 atom stereocenters. The van der Waals surface area contributed by atoms with Gasteiger partial charge in [0.15, 0.2) is 0 Å². The van der Waals surface area contributed by atoms with Crippen molar-refractivity contribution in [3.05, 3.63) is 103 Å². The fraction of sp³-hybridized carbons (Fsp3) is 0. The zero-order valence-corrected chi connectivity index (χ0v) is 11.1. The van der Waals surface area contributed by atoms with E-state index in [1.807, 2.05) is 91.0 Å². The van der Waals surface area contributed by atoms with Crippen molar-refractivity contribution in [3.8, 4) is 0 Å². The molecule has 3 aromatic carbocycles. The van der Waals surface area contributed by atoms with E-state index in [2.05, 4.69) is 12.1 Å². The molecule has 0 N–H and O–H groups in total. The summed E-state index contributed by atoms with van der Waals surface area (Å²) in [6.45, 7) is 0. The van der Waals surface area contributed by atoms with E-state index in [9.17, 15) is 0 Å². The molecule has 0 aromatic heterocycles. The summed E-state index contributed by atoms with van der Waals surface area (Å²) in [4.78, 5) is 0. The van der Waals surface area contributed by atoms with E-state index in [4.69, 9.17) is 0 Å². The van der Waals surface area contributed by atoms with Crippen LogP contribution in [-0.2, 0) is 17.1 Å². The van der Waals surface area contributed by atoms with Gasteiger partial charge in [-0.3, -0.25) is 0 Å². The van der Waals surface area contributed by atoms with Crippen LogP contribution in [0.3, 0.4) is 0 Å². The largest absolute Gasteiger partial charge is 3.00 e. The smallest absolute Gasteiger partial charge is 0.214 e. The summed E-state index contributed by atoms with van der Waals surface area (Å²) < 4.78 is 0. The van der Waals surface area contributed by atoms with Gasteiger partial charge in [-0.25, -0.2) is 12.1 Å². The van der Waals surface area contributed by atoms with Crippen LogP contribution in [0.25, 0.3) is 0 Å². The predicted octanol–water partition coefficient (Wildman–Crippen LogP) is 4.38. The molecule has 0 saturated carbocycles. The van der Waals surface area contributed by atoms with Crippen molar-refractivity contribution >= 4 is 0 Å². The first-order valence-electron chi connectivity index (χ1n) is 5.49. The first-order valence-corrected chi connectivity index (χ1v) is 5.49. The van der Waals surface area contributed by atoms with Crippen molar-refractivity contribution < 1.29 is 17.1 Å². The standard InChI is InChI=1S/2C6H5.C5H5.Fe/c2*1-2-4-6-5-3-1;1-2-4-5-3-1;/h2*1-5H;1-5H;/q3*-1;+3. The molecule has 0 amide bonds. The molecule has 3 rings (SSSR count). The molecule has 0 spiro atoms. The van der Waals surface area contributed by atoms with Gasteiger partial charge < -0.3 is 0 Å². The minimum atomic E-state index is 0. The summed E-state index contributed by atoms with van der Waals surface area (Å²) in [7, 11) is 0. The van der Waals surface area contributed by atoms with E-state index in [1.54, 1.807) is 0 Å². The fourth-order valence-electron chi connectivity index (χ4n) is 1.00. The average Bonchev–Trinajstić information content (AvgIpc) is 3.03. The third-order valence-corrected chi connectivity index (χ3v) is 1.77. The Morgan fingerprint density at radius 3 is 1.00 bits per heavy atom. The second-order valence-corrected chi connectivity index (χ2v) is 3.12. The van der Waals surface area contributed by atoms with Gasteiger partial charge in [0.1, 0.15) is 0 Å². The van der Waals surface area contributed by atoms with Crippen LogP contribution in [0.15, 0.2) is 91.0 Å². The summed E-state index contributed by atoms with van der Waals surface area (Å²) >= 11 is 0. The molecule has 0 heterocycles. The average molecular weight is 275 g/mol. The molecule has 0 bridgehead atoms. The number of hydrogen-bond donors (Lipinski definition) is 0.